The van der Waals surface area contributed by atoms with Gasteiger partial charge in [-0.05, 0) is 69.1 Å². The van der Waals surface area contributed by atoms with Crippen LogP contribution in [0.5, 0.6) is 5.75 Å². The van der Waals surface area contributed by atoms with Crippen molar-refractivity contribution in [1.29, 1.82) is 0 Å². The number of halogens is 1. The van der Waals surface area contributed by atoms with Crippen LogP contribution in [0.4, 0.5) is 0 Å². The molecule has 4 nitrogen and oxygen atoms in total. The molecule has 4 rings (SSSR count). The van der Waals surface area contributed by atoms with Crippen LogP contribution < -0.4 is 4.74 Å². The Balaban J connectivity index is 1.62. The van der Waals surface area contributed by atoms with Gasteiger partial charge in [-0.15, -0.1) is 10.2 Å². The summed E-state index contributed by atoms with van der Waals surface area (Å²) in [6, 6.07) is 12.4. The fourth-order valence-electron chi connectivity index (χ4n) is 3.61. The quantitative estimate of drug-likeness (QED) is 0.458. The van der Waals surface area contributed by atoms with Crippen LogP contribution in [0.25, 0.3) is 21.1 Å². The highest BCUT2D eigenvalue weighted by atomic mass is 35.5. The first-order valence-corrected chi connectivity index (χ1v) is 11.4. The van der Waals surface area contributed by atoms with Crippen LogP contribution in [0.3, 0.4) is 0 Å². The Morgan fingerprint density at radius 3 is 2.59 bits per heavy atom. The van der Waals surface area contributed by atoms with E-state index in [1.54, 1.807) is 11.3 Å². The van der Waals surface area contributed by atoms with E-state index in [2.05, 4.69) is 40.2 Å². The minimum absolute atomic E-state index is 0.0856. The van der Waals surface area contributed by atoms with E-state index in [0.29, 0.717) is 10.8 Å². The summed E-state index contributed by atoms with van der Waals surface area (Å²) in [4.78, 5) is 2.49. The lowest BCUT2D eigenvalue weighted by molar-refractivity contribution is 0.172. The number of ether oxygens (including phenoxy) is 1. The zero-order valence-corrected chi connectivity index (χ0v) is 18.7. The molecule has 1 aliphatic rings. The molecule has 2 aromatic carbocycles. The Morgan fingerprint density at radius 1 is 1.14 bits per heavy atom. The number of benzene rings is 2. The van der Waals surface area contributed by atoms with Gasteiger partial charge in [-0.2, -0.15) is 0 Å². The molecule has 1 fully saturated rings. The summed E-state index contributed by atoms with van der Waals surface area (Å²) in [6.07, 6.45) is 2.38. The Kier molecular flexibility index (Phi) is 6.18. The molecule has 1 aliphatic heterocycles. The first-order valence-electron chi connectivity index (χ1n) is 10.2. The molecular formula is C23H26ClN3OS. The Labute approximate surface area is 181 Å². The second kappa shape index (κ2) is 8.82. The number of nitrogens with zero attached hydrogens (tertiary/aromatic N) is 3. The van der Waals surface area contributed by atoms with Gasteiger partial charge in [-0.3, -0.25) is 4.90 Å². The van der Waals surface area contributed by atoms with Crippen LogP contribution in [0, 0.1) is 0 Å². The van der Waals surface area contributed by atoms with Crippen LogP contribution in [-0.2, 0) is 13.0 Å². The molecule has 0 N–H and O–H groups in total. The van der Waals surface area contributed by atoms with E-state index in [1.807, 2.05) is 32.0 Å². The average Bonchev–Trinajstić information content (AvgIpc) is 3.15. The van der Waals surface area contributed by atoms with Gasteiger partial charge in [0.05, 0.1) is 11.1 Å². The van der Waals surface area contributed by atoms with E-state index < -0.39 is 0 Å². The second-order valence-corrected chi connectivity index (χ2v) is 9.04. The largest absolute Gasteiger partial charge is 0.489 e. The van der Waals surface area contributed by atoms with E-state index in [-0.39, 0.29) is 6.10 Å². The molecule has 2 heterocycles. The molecule has 0 spiro atoms. The van der Waals surface area contributed by atoms with Gasteiger partial charge in [-0.25, -0.2) is 0 Å². The van der Waals surface area contributed by atoms with Gasteiger partial charge in [0.15, 0.2) is 0 Å². The van der Waals surface area contributed by atoms with Crippen molar-refractivity contribution in [2.75, 3.05) is 13.1 Å². The fraction of sp³-hybridized carbons (Fsp3) is 0.391. The van der Waals surface area contributed by atoms with Gasteiger partial charge in [-0.1, -0.05) is 48.1 Å². The van der Waals surface area contributed by atoms with E-state index in [4.69, 9.17) is 16.3 Å². The van der Waals surface area contributed by atoms with Crippen molar-refractivity contribution in [3.05, 3.63) is 52.5 Å². The highest BCUT2D eigenvalue weighted by Crippen LogP contribution is 2.36. The number of hydrogen-bond acceptors (Lipinski definition) is 5. The monoisotopic (exact) mass is 427 g/mol. The second-order valence-electron chi connectivity index (χ2n) is 7.65. The standard InChI is InChI=1S/C23H26ClN3OS/c1-4-18-17(14-27-11-6-12-27)7-5-8-19(18)23-26-25-22(29-23)16-9-10-21(20(24)13-16)28-15(2)3/h5,7-10,13,15H,4,6,11-12,14H2,1-3H3. The van der Waals surface area contributed by atoms with Gasteiger partial charge < -0.3 is 4.74 Å². The number of aromatic nitrogens is 2. The molecule has 1 aromatic heterocycles. The van der Waals surface area contributed by atoms with Gasteiger partial charge in [0, 0.05) is 17.7 Å². The lowest BCUT2D eigenvalue weighted by Gasteiger charge is -2.31. The van der Waals surface area contributed by atoms with E-state index in [1.165, 1.54) is 36.2 Å². The third-order valence-electron chi connectivity index (χ3n) is 5.17. The molecule has 0 saturated carbocycles. The first-order chi connectivity index (χ1) is 14.0. The lowest BCUT2D eigenvalue weighted by atomic mass is 9.98. The third-order valence-corrected chi connectivity index (χ3v) is 6.47. The number of hydrogen-bond donors (Lipinski definition) is 0. The molecule has 152 valence electrons. The minimum atomic E-state index is 0.0856. The minimum Gasteiger partial charge on any atom is -0.489 e. The van der Waals surface area contributed by atoms with Gasteiger partial charge in [0.2, 0.25) is 0 Å². The first kappa shape index (κ1) is 20.3. The topological polar surface area (TPSA) is 38.2 Å². The molecule has 0 aliphatic carbocycles. The van der Waals surface area contributed by atoms with Gasteiger partial charge in [0.1, 0.15) is 15.8 Å². The van der Waals surface area contributed by atoms with Crippen LogP contribution in [-0.4, -0.2) is 34.3 Å². The summed E-state index contributed by atoms with van der Waals surface area (Å²) >= 11 is 8.02. The summed E-state index contributed by atoms with van der Waals surface area (Å²) in [5.41, 5.74) is 4.94. The third kappa shape index (κ3) is 4.47. The van der Waals surface area contributed by atoms with Crippen molar-refractivity contribution in [3.8, 4) is 26.9 Å². The van der Waals surface area contributed by atoms with Crippen molar-refractivity contribution in [1.82, 2.24) is 15.1 Å². The summed E-state index contributed by atoms with van der Waals surface area (Å²) < 4.78 is 5.73. The van der Waals surface area contributed by atoms with E-state index in [0.717, 1.165) is 28.5 Å². The zero-order valence-electron chi connectivity index (χ0n) is 17.1. The van der Waals surface area contributed by atoms with E-state index >= 15 is 0 Å². The molecular weight excluding hydrogens is 402 g/mol. The van der Waals surface area contributed by atoms with Crippen LogP contribution >= 0.6 is 22.9 Å². The Morgan fingerprint density at radius 2 is 1.93 bits per heavy atom. The summed E-state index contributed by atoms with van der Waals surface area (Å²) in [5.74, 6) is 0.696. The van der Waals surface area contributed by atoms with Crippen LogP contribution in [0.15, 0.2) is 36.4 Å². The molecule has 0 radical (unpaired) electrons. The maximum atomic E-state index is 6.41. The summed E-state index contributed by atoms with van der Waals surface area (Å²) in [5, 5.41) is 11.4. The van der Waals surface area contributed by atoms with Gasteiger partial charge >= 0.3 is 0 Å². The molecule has 0 bridgehead atoms. The van der Waals surface area contributed by atoms with Crippen molar-refractivity contribution in [2.24, 2.45) is 0 Å². The normalized spacial score (nSPS) is 14.2. The number of likely N-dealkylation sites (tertiary alicyclic amines) is 1. The van der Waals surface area contributed by atoms with E-state index in [9.17, 15) is 0 Å². The molecule has 29 heavy (non-hydrogen) atoms. The van der Waals surface area contributed by atoms with Crippen molar-refractivity contribution in [2.45, 2.75) is 46.3 Å². The van der Waals surface area contributed by atoms with Crippen molar-refractivity contribution in [3.63, 3.8) is 0 Å². The average molecular weight is 428 g/mol. The van der Waals surface area contributed by atoms with Crippen molar-refractivity contribution < 1.29 is 4.74 Å². The predicted molar refractivity (Wildman–Crippen MR) is 121 cm³/mol. The molecule has 0 atom stereocenters. The Hall–Kier alpha value is -1.95. The highest BCUT2D eigenvalue weighted by molar-refractivity contribution is 7.17. The van der Waals surface area contributed by atoms with Crippen LogP contribution in [0.2, 0.25) is 5.02 Å². The molecule has 1 saturated heterocycles. The van der Waals surface area contributed by atoms with Crippen molar-refractivity contribution >= 4 is 22.9 Å². The lowest BCUT2D eigenvalue weighted by Crippen LogP contribution is -2.36. The van der Waals surface area contributed by atoms with Crippen LogP contribution in [0.1, 0.15) is 38.3 Å². The maximum Gasteiger partial charge on any atom is 0.148 e. The molecule has 0 amide bonds. The SMILES string of the molecule is CCc1c(CN2CCC2)cccc1-c1nnc(-c2ccc(OC(C)C)c(Cl)c2)s1. The number of rotatable bonds is 7. The van der Waals surface area contributed by atoms with Gasteiger partial charge in [0.25, 0.3) is 0 Å². The summed E-state index contributed by atoms with van der Waals surface area (Å²) in [6.45, 7) is 9.62. The molecule has 0 unspecified atom stereocenters. The molecule has 3 aromatic rings. The maximum absolute atomic E-state index is 6.41. The molecule has 6 heteroatoms. The smallest absolute Gasteiger partial charge is 0.148 e. The predicted octanol–water partition coefficient (Wildman–Crippen LogP) is 6.08. The highest BCUT2D eigenvalue weighted by Gasteiger charge is 2.19. The fourth-order valence-corrected chi connectivity index (χ4v) is 4.73. The zero-order chi connectivity index (χ0) is 20.4. The Bertz CT molecular complexity index is 998. The summed E-state index contributed by atoms with van der Waals surface area (Å²) in [7, 11) is 0.